The van der Waals surface area contributed by atoms with Crippen LogP contribution in [0.1, 0.15) is 47.0 Å². The van der Waals surface area contributed by atoms with Crippen LogP contribution in [0.5, 0.6) is 0 Å². The zero-order valence-corrected chi connectivity index (χ0v) is 13.1. The minimum absolute atomic E-state index is 0.192. The highest BCUT2D eigenvalue weighted by molar-refractivity contribution is 5.68. The van der Waals surface area contributed by atoms with Crippen LogP contribution in [-0.4, -0.2) is 36.3 Å². The van der Waals surface area contributed by atoms with E-state index in [1.807, 2.05) is 25.7 Å². The van der Waals surface area contributed by atoms with E-state index in [1.54, 1.807) is 0 Å². The zero-order valence-electron chi connectivity index (χ0n) is 13.1. The highest BCUT2D eigenvalue weighted by atomic mass is 16.6. The second-order valence-electron chi connectivity index (χ2n) is 7.47. The van der Waals surface area contributed by atoms with Crippen molar-refractivity contribution < 1.29 is 14.4 Å². The SMILES string of the molecule is CC1CN(C(=O)OC(C)(C)C)CCC1C1(CON)CC1. The first-order chi connectivity index (χ1) is 9.27. The summed E-state index contributed by atoms with van der Waals surface area (Å²) in [5.74, 6) is 6.34. The summed E-state index contributed by atoms with van der Waals surface area (Å²) in [6, 6.07) is 0. The number of ether oxygens (including phenoxy) is 1. The van der Waals surface area contributed by atoms with Crippen molar-refractivity contribution in [3.05, 3.63) is 0 Å². The third-order valence-corrected chi connectivity index (χ3v) is 4.61. The van der Waals surface area contributed by atoms with Crippen molar-refractivity contribution in [1.29, 1.82) is 0 Å². The zero-order chi connectivity index (χ0) is 15.0. The van der Waals surface area contributed by atoms with Crippen LogP contribution in [-0.2, 0) is 9.57 Å². The number of nitrogens with two attached hydrogens (primary N) is 1. The molecule has 116 valence electrons. The lowest BCUT2D eigenvalue weighted by molar-refractivity contribution is -0.00813. The second-order valence-corrected chi connectivity index (χ2v) is 7.47. The highest BCUT2D eigenvalue weighted by Crippen LogP contribution is 2.56. The molecule has 1 heterocycles. The van der Waals surface area contributed by atoms with Gasteiger partial charge in [0.25, 0.3) is 0 Å². The van der Waals surface area contributed by atoms with Gasteiger partial charge in [-0.2, -0.15) is 0 Å². The quantitative estimate of drug-likeness (QED) is 0.809. The van der Waals surface area contributed by atoms with Gasteiger partial charge in [-0.25, -0.2) is 10.7 Å². The minimum atomic E-state index is -0.428. The Bertz CT molecular complexity index is 361. The molecule has 1 aliphatic carbocycles. The van der Waals surface area contributed by atoms with Crippen LogP contribution in [0.15, 0.2) is 0 Å². The summed E-state index contributed by atoms with van der Waals surface area (Å²) in [6.45, 7) is 10.1. The summed E-state index contributed by atoms with van der Waals surface area (Å²) in [7, 11) is 0. The Kier molecular flexibility index (Phi) is 4.30. The third kappa shape index (κ3) is 3.44. The van der Waals surface area contributed by atoms with Crippen LogP contribution < -0.4 is 5.90 Å². The molecule has 2 unspecified atom stereocenters. The topological polar surface area (TPSA) is 64.8 Å². The van der Waals surface area contributed by atoms with Crippen molar-refractivity contribution in [2.75, 3.05) is 19.7 Å². The maximum Gasteiger partial charge on any atom is 0.410 e. The fourth-order valence-electron chi connectivity index (χ4n) is 3.50. The van der Waals surface area contributed by atoms with E-state index >= 15 is 0 Å². The van der Waals surface area contributed by atoms with E-state index in [4.69, 9.17) is 15.5 Å². The predicted octanol–water partition coefficient (Wildman–Crippen LogP) is 2.55. The molecule has 0 aromatic carbocycles. The largest absolute Gasteiger partial charge is 0.444 e. The summed E-state index contributed by atoms with van der Waals surface area (Å²) < 4.78 is 5.45. The first-order valence-electron chi connectivity index (χ1n) is 7.57. The van der Waals surface area contributed by atoms with Crippen molar-refractivity contribution >= 4 is 6.09 Å². The first-order valence-corrected chi connectivity index (χ1v) is 7.57. The third-order valence-electron chi connectivity index (χ3n) is 4.61. The number of rotatable bonds is 3. The number of nitrogens with zero attached hydrogens (tertiary/aromatic N) is 1. The van der Waals surface area contributed by atoms with Gasteiger partial charge in [0.2, 0.25) is 0 Å². The van der Waals surface area contributed by atoms with Crippen molar-refractivity contribution in [3.63, 3.8) is 0 Å². The van der Waals surface area contributed by atoms with Crippen molar-refractivity contribution in [2.45, 2.75) is 52.6 Å². The van der Waals surface area contributed by atoms with Gasteiger partial charge in [-0.15, -0.1) is 0 Å². The Balaban J connectivity index is 1.91. The molecule has 1 amide bonds. The van der Waals surface area contributed by atoms with E-state index in [-0.39, 0.29) is 11.5 Å². The second kappa shape index (κ2) is 5.53. The van der Waals surface area contributed by atoms with Crippen LogP contribution in [0.25, 0.3) is 0 Å². The molecule has 5 nitrogen and oxygen atoms in total. The number of hydrogen-bond acceptors (Lipinski definition) is 4. The standard InChI is InChI=1S/C15H28N2O3/c1-11-9-17(13(18)20-14(2,3)4)8-5-12(11)15(6-7-15)10-19-16/h11-12H,5-10,16H2,1-4H3. The van der Waals surface area contributed by atoms with Gasteiger partial charge in [0.05, 0.1) is 6.61 Å². The Morgan fingerprint density at radius 2 is 2.05 bits per heavy atom. The number of carbonyl (C=O) groups is 1. The number of piperidine rings is 1. The minimum Gasteiger partial charge on any atom is -0.444 e. The van der Waals surface area contributed by atoms with Crippen LogP contribution in [0.3, 0.4) is 0 Å². The average Bonchev–Trinajstić information content (AvgIpc) is 3.07. The molecule has 2 rings (SSSR count). The fourth-order valence-corrected chi connectivity index (χ4v) is 3.50. The Morgan fingerprint density at radius 3 is 2.50 bits per heavy atom. The van der Waals surface area contributed by atoms with Gasteiger partial charge in [0.15, 0.2) is 0 Å². The molecule has 1 aliphatic heterocycles. The maximum absolute atomic E-state index is 12.1. The van der Waals surface area contributed by atoms with Gasteiger partial charge < -0.3 is 14.5 Å². The number of amides is 1. The average molecular weight is 284 g/mol. The van der Waals surface area contributed by atoms with Gasteiger partial charge in [0.1, 0.15) is 5.60 Å². The summed E-state index contributed by atoms with van der Waals surface area (Å²) in [5.41, 5.74) is -0.156. The molecule has 20 heavy (non-hydrogen) atoms. The first kappa shape index (κ1) is 15.6. The lowest BCUT2D eigenvalue weighted by atomic mass is 9.75. The lowest BCUT2D eigenvalue weighted by Gasteiger charge is -2.41. The highest BCUT2D eigenvalue weighted by Gasteiger charge is 2.52. The molecule has 0 aromatic heterocycles. The molecule has 0 aromatic rings. The molecule has 0 spiro atoms. The fraction of sp³-hybridized carbons (Fsp3) is 0.933. The maximum atomic E-state index is 12.1. The van der Waals surface area contributed by atoms with Crippen molar-refractivity contribution in [1.82, 2.24) is 4.90 Å². The monoisotopic (exact) mass is 284 g/mol. The van der Waals surface area contributed by atoms with E-state index in [9.17, 15) is 4.79 Å². The predicted molar refractivity (Wildman–Crippen MR) is 76.9 cm³/mol. The van der Waals surface area contributed by atoms with Gasteiger partial charge in [-0.3, -0.25) is 0 Å². The lowest BCUT2D eigenvalue weighted by Crippen LogP contribution is -2.47. The summed E-state index contributed by atoms with van der Waals surface area (Å²) in [4.78, 5) is 18.9. The van der Waals surface area contributed by atoms with Gasteiger partial charge in [-0.1, -0.05) is 6.92 Å². The molecule has 0 radical (unpaired) electrons. The van der Waals surface area contributed by atoms with Crippen molar-refractivity contribution in [2.24, 2.45) is 23.1 Å². The Morgan fingerprint density at radius 1 is 1.40 bits per heavy atom. The molecule has 2 fully saturated rings. The molecule has 1 saturated heterocycles. The van der Waals surface area contributed by atoms with E-state index in [0.29, 0.717) is 18.4 Å². The summed E-state index contributed by atoms with van der Waals surface area (Å²) in [6.07, 6.45) is 3.23. The smallest absolute Gasteiger partial charge is 0.410 e. The van der Waals surface area contributed by atoms with E-state index in [1.165, 1.54) is 12.8 Å². The number of hydrogen-bond donors (Lipinski definition) is 1. The van der Waals surface area contributed by atoms with Crippen LogP contribution in [0, 0.1) is 17.3 Å². The summed E-state index contributed by atoms with van der Waals surface area (Å²) >= 11 is 0. The van der Waals surface area contributed by atoms with Crippen LogP contribution in [0.4, 0.5) is 4.79 Å². The van der Waals surface area contributed by atoms with Crippen molar-refractivity contribution in [3.8, 4) is 0 Å². The molecular weight excluding hydrogens is 256 g/mol. The van der Waals surface area contributed by atoms with Gasteiger partial charge >= 0.3 is 6.09 Å². The molecule has 2 N–H and O–H groups in total. The molecule has 1 saturated carbocycles. The Labute approximate surface area is 121 Å². The molecule has 2 aliphatic rings. The molecular formula is C15H28N2O3. The van der Waals surface area contributed by atoms with Gasteiger partial charge in [-0.05, 0) is 57.3 Å². The van der Waals surface area contributed by atoms with Crippen LogP contribution in [0.2, 0.25) is 0 Å². The van der Waals surface area contributed by atoms with Crippen LogP contribution >= 0.6 is 0 Å². The number of likely N-dealkylation sites (tertiary alicyclic amines) is 1. The normalized spacial score (nSPS) is 29.1. The van der Waals surface area contributed by atoms with E-state index in [2.05, 4.69) is 6.92 Å². The van der Waals surface area contributed by atoms with Gasteiger partial charge in [0, 0.05) is 13.1 Å². The number of carbonyl (C=O) groups excluding carboxylic acids is 1. The molecule has 0 bridgehead atoms. The molecule has 5 heteroatoms. The summed E-state index contributed by atoms with van der Waals surface area (Å²) in [5, 5.41) is 0. The Hall–Kier alpha value is -0.810. The molecule has 2 atom stereocenters. The van der Waals surface area contributed by atoms with E-state index in [0.717, 1.165) is 19.5 Å². The van der Waals surface area contributed by atoms with E-state index < -0.39 is 5.60 Å².